The van der Waals surface area contributed by atoms with Crippen LogP contribution in [0.5, 0.6) is 0 Å². The minimum absolute atomic E-state index is 1.11. The van der Waals surface area contributed by atoms with E-state index in [1.165, 1.54) is 84.4 Å². The highest BCUT2D eigenvalue weighted by Crippen LogP contribution is 2.45. The van der Waals surface area contributed by atoms with Crippen LogP contribution in [0.1, 0.15) is 0 Å². The van der Waals surface area contributed by atoms with Crippen LogP contribution in [-0.2, 0) is 0 Å². The lowest BCUT2D eigenvalue weighted by Gasteiger charge is -2.27. The quantitative estimate of drug-likeness (QED) is 0.163. The Balaban J connectivity index is 1.11. The average molecular weight is 775 g/mol. The Morgan fingerprint density at radius 3 is 1.52 bits per heavy atom. The molecule has 0 aliphatic heterocycles. The summed E-state index contributed by atoms with van der Waals surface area (Å²) >= 11 is 3.72. The van der Waals surface area contributed by atoms with Crippen molar-refractivity contribution in [2.45, 2.75) is 0 Å². The van der Waals surface area contributed by atoms with Crippen molar-refractivity contribution in [1.29, 1.82) is 0 Å². The molecule has 0 unspecified atom stereocenters. The number of anilines is 3. The minimum Gasteiger partial charge on any atom is -0.310 e. The van der Waals surface area contributed by atoms with Gasteiger partial charge in [-0.3, -0.25) is 0 Å². The Morgan fingerprint density at radius 1 is 0.293 bits per heavy atom. The van der Waals surface area contributed by atoms with E-state index in [1.807, 2.05) is 22.7 Å². The molecule has 0 spiro atoms. The number of fused-ring (bicyclic) bond motifs is 9. The fraction of sp³-hybridized carbons (Fsp3) is 0. The van der Waals surface area contributed by atoms with E-state index in [0.717, 1.165) is 22.7 Å². The topological polar surface area (TPSA) is 8.17 Å². The molecule has 0 saturated heterocycles. The molecule has 0 aliphatic carbocycles. The number of hydrogen-bond acceptors (Lipinski definition) is 3. The molecule has 0 atom stereocenters. The SMILES string of the molecule is c1ccc(N(c2cc(-c3ccc4sc5ccccc5c4c3)cc(-c3ccc4c(c3)c3ccccc3n4-c3ccccc3)c2)c2ccc3sc4ccccc4c3c2)cc1. The Morgan fingerprint density at radius 2 is 0.810 bits per heavy atom. The molecule has 0 bridgehead atoms. The molecule has 0 fully saturated rings. The maximum atomic E-state index is 2.43. The first-order valence-corrected chi connectivity index (χ1v) is 21.3. The predicted molar refractivity (Wildman–Crippen MR) is 252 cm³/mol. The number of hydrogen-bond donors (Lipinski definition) is 0. The van der Waals surface area contributed by atoms with Crippen molar-refractivity contribution in [2.24, 2.45) is 0 Å². The third kappa shape index (κ3) is 5.37. The van der Waals surface area contributed by atoms with Crippen LogP contribution in [0.3, 0.4) is 0 Å². The molecule has 12 aromatic rings. The van der Waals surface area contributed by atoms with Crippen LogP contribution in [0.2, 0.25) is 0 Å². The number of aromatic nitrogens is 1. The van der Waals surface area contributed by atoms with Crippen molar-refractivity contribution in [3.05, 3.63) is 206 Å². The summed E-state index contributed by atoms with van der Waals surface area (Å²) in [4.78, 5) is 2.43. The molecule has 2 nitrogen and oxygen atoms in total. The van der Waals surface area contributed by atoms with E-state index in [9.17, 15) is 0 Å². The molecular formula is C54H34N2S2. The zero-order valence-electron chi connectivity index (χ0n) is 31.3. The van der Waals surface area contributed by atoms with Crippen molar-refractivity contribution in [3.8, 4) is 27.9 Å². The normalized spacial score (nSPS) is 11.8. The van der Waals surface area contributed by atoms with Gasteiger partial charge in [-0.2, -0.15) is 0 Å². The lowest BCUT2D eigenvalue weighted by molar-refractivity contribution is 1.18. The zero-order chi connectivity index (χ0) is 38.2. The van der Waals surface area contributed by atoms with E-state index in [1.54, 1.807) is 0 Å². The highest BCUT2D eigenvalue weighted by atomic mass is 32.1. The van der Waals surface area contributed by atoms with Crippen LogP contribution in [-0.4, -0.2) is 4.57 Å². The smallest absolute Gasteiger partial charge is 0.0541 e. The molecule has 0 radical (unpaired) electrons. The molecule has 4 heteroatoms. The average Bonchev–Trinajstić information content (AvgIpc) is 3.96. The third-order valence-electron chi connectivity index (χ3n) is 11.5. The highest BCUT2D eigenvalue weighted by Gasteiger charge is 2.19. The summed E-state index contributed by atoms with van der Waals surface area (Å²) in [6.07, 6.45) is 0. The van der Waals surface area contributed by atoms with Gasteiger partial charge in [-0.25, -0.2) is 0 Å². The fourth-order valence-corrected chi connectivity index (χ4v) is 11.0. The predicted octanol–water partition coefficient (Wildman–Crippen LogP) is 16.3. The third-order valence-corrected chi connectivity index (χ3v) is 13.8. The van der Waals surface area contributed by atoms with Crippen LogP contribution < -0.4 is 4.90 Å². The maximum absolute atomic E-state index is 2.43. The first kappa shape index (κ1) is 33.2. The summed E-state index contributed by atoms with van der Waals surface area (Å²) in [7, 11) is 0. The first-order chi connectivity index (χ1) is 28.7. The lowest BCUT2D eigenvalue weighted by Crippen LogP contribution is -2.10. The summed E-state index contributed by atoms with van der Waals surface area (Å²) in [5.74, 6) is 0. The van der Waals surface area contributed by atoms with E-state index < -0.39 is 0 Å². The molecule has 9 aromatic carbocycles. The standard InChI is InChI=1S/C54H34N2S2/c1-3-13-39(14-4-1)55(41-25-28-54-48(34-41)45-19-9-12-22-52(45)58-54)42-30-37(29-38(31-42)36-24-27-53-47(33-36)44-18-8-11-21-51(44)57-53)35-23-26-50-46(32-35)43-17-7-10-20-49(43)56(50)40-15-5-2-6-16-40/h1-34H. The van der Waals surface area contributed by atoms with E-state index in [0.29, 0.717) is 0 Å². The van der Waals surface area contributed by atoms with Gasteiger partial charge in [0.15, 0.2) is 0 Å². The second-order valence-electron chi connectivity index (χ2n) is 14.9. The molecule has 58 heavy (non-hydrogen) atoms. The highest BCUT2D eigenvalue weighted by molar-refractivity contribution is 7.26. The second-order valence-corrected chi connectivity index (χ2v) is 17.1. The van der Waals surface area contributed by atoms with Crippen molar-refractivity contribution in [2.75, 3.05) is 4.90 Å². The number of para-hydroxylation sites is 3. The van der Waals surface area contributed by atoms with Gasteiger partial charge < -0.3 is 9.47 Å². The van der Waals surface area contributed by atoms with Gasteiger partial charge in [0, 0.05) is 73.9 Å². The van der Waals surface area contributed by atoms with Gasteiger partial charge in [-0.1, -0.05) is 103 Å². The summed E-state index contributed by atoms with van der Waals surface area (Å²) < 4.78 is 7.62. The van der Waals surface area contributed by atoms with Gasteiger partial charge >= 0.3 is 0 Å². The summed E-state index contributed by atoms with van der Waals surface area (Å²) in [5.41, 5.74) is 11.7. The summed E-state index contributed by atoms with van der Waals surface area (Å²) in [5, 5.41) is 7.68. The van der Waals surface area contributed by atoms with Crippen molar-refractivity contribution in [3.63, 3.8) is 0 Å². The van der Waals surface area contributed by atoms with Crippen LogP contribution in [0.4, 0.5) is 17.1 Å². The Kier molecular flexibility index (Phi) is 7.62. The van der Waals surface area contributed by atoms with Crippen LogP contribution in [0.15, 0.2) is 206 Å². The Bertz CT molecular complexity index is 3520. The molecule has 272 valence electrons. The number of benzene rings is 9. The zero-order valence-corrected chi connectivity index (χ0v) is 33.0. The van der Waals surface area contributed by atoms with Gasteiger partial charge in [0.1, 0.15) is 0 Å². The molecule has 0 saturated carbocycles. The number of thiophene rings is 2. The Labute approximate surface area is 343 Å². The summed E-state index contributed by atoms with van der Waals surface area (Å²) in [6, 6.07) is 75.9. The lowest BCUT2D eigenvalue weighted by atomic mass is 9.95. The molecule has 3 aromatic heterocycles. The van der Waals surface area contributed by atoms with E-state index in [4.69, 9.17) is 0 Å². The van der Waals surface area contributed by atoms with Gasteiger partial charge in [-0.05, 0) is 125 Å². The largest absolute Gasteiger partial charge is 0.310 e. The second kappa shape index (κ2) is 13.3. The first-order valence-electron chi connectivity index (χ1n) is 19.7. The van der Waals surface area contributed by atoms with Gasteiger partial charge in [0.2, 0.25) is 0 Å². The molecular weight excluding hydrogens is 741 g/mol. The minimum atomic E-state index is 1.11. The van der Waals surface area contributed by atoms with Crippen LogP contribution >= 0.6 is 22.7 Å². The molecule has 0 amide bonds. The van der Waals surface area contributed by atoms with Gasteiger partial charge in [-0.15, -0.1) is 22.7 Å². The van der Waals surface area contributed by atoms with E-state index >= 15 is 0 Å². The molecule has 3 heterocycles. The van der Waals surface area contributed by atoms with Gasteiger partial charge in [0.25, 0.3) is 0 Å². The van der Waals surface area contributed by atoms with E-state index in [2.05, 4.69) is 216 Å². The van der Waals surface area contributed by atoms with Crippen molar-refractivity contribution in [1.82, 2.24) is 4.57 Å². The number of nitrogens with zero attached hydrogens (tertiary/aromatic N) is 2. The molecule has 0 N–H and O–H groups in total. The van der Waals surface area contributed by atoms with Crippen molar-refractivity contribution < 1.29 is 0 Å². The fourth-order valence-electron chi connectivity index (χ4n) is 8.86. The Hall–Kier alpha value is -6.98. The van der Waals surface area contributed by atoms with Crippen molar-refractivity contribution >= 4 is 102 Å². The summed E-state index contributed by atoms with van der Waals surface area (Å²) in [6.45, 7) is 0. The monoisotopic (exact) mass is 774 g/mol. The maximum Gasteiger partial charge on any atom is 0.0541 e. The van der Waals surface area contributed by atoms with Gasteiger partial charge in [0.05, 0.1) is 11.0 Å². The van der Waals surface area contributed by atoms with Crippen LogP contribution in [0.25, 0.3) is 90.1 Å². The van der Waals surface area contributed by atoms with E-state index in [-0.39, 0.29) is 0 Å². The van der Waals surface area contributed by atoms with Crippen LogP contribution in [0, 0.1) is 0 Å². The number of rotatable bonds is 6. The molecule has 0 aliphatic rings. The molecule has 12 rings (SSSR count).